The van der Waals surface area contributed by atoms with Crippen LogP contribution in [0.1, 0.15) is 42.6 Å². The molecule has 0 radical (unpaired) electrons. The van der Waals surface area contributed by atoms with Crippen molar-refractivity contribution in [2.24, 2.45) is 0 Å². The Labute approximate surface area is 255 Å². The number of imidazole rings is 1. The van der Waals surface area contributed by atoms with E-state index < -0.39 is 27.2 Å². The van der Waals surface area contributed by atoms with E-state index in [0.29, 0.717) is 37.4 Å². The number of H-pyrrole nitrogens is 2. The molecule has 0 aliphatic heterocycles. The van der Waals surface area contributed by atoms with Crippen molar-refractivity contribution >= 4 is 70.1 Å². The largest absolute Gasteiger partial charge is 0.336 e. The SMILES string of the molecule is CCCCn1c(=O)[nH]c(=O)c2[nH]c(C(Cc3ccccc3F)c3ccc(NS(=O)(=O)c4cc(Br)c(Br)s4)cc3)nc21. The van der Waals surface area contributed by atoms with Crippen molar-refractivity contribution in [1.82, 2.24) is 19.5 Å². The third-order valence-corrected chi connectivity index (χ3v) is 11.7. The van der Waals surface area contributed by atoms with E-state index in [1.54, 1.807) is 42.5 Å². The molecule has 41 heavy (non-hydrogen) atoms. The van der Waals surface area contributed by atoms with Gasteiger partial charge in [-0.3, -0.25) is 19.1 Å². The smallest absolute Gasteiger partial charge is 0.330 e. The van der Waals surface area contributed by atoms with Gasteiger partial charge in [-0.15, -0.1) is 11.3 Å². The van der Waals surface area contributed by atoms with Crippen LogP contribution in [0.5, 0.6) is 0 Å². The highest BCUT2D eigenvalue weighted by Crippen LogP contribution is 2.36. The number of hydrogen-bond donors (Lipinski definition) is 3. The number of aryl methyl sites for hydroxylation is 1. The van der Waals surface area contributed by atoms with Gasteiger partial charge in [0.15, 0.2) is 5.65 Å². The quantitative estimate of drug-likeness (QED) is 0.160. The molecule has 5 aromatic rings. The van der Waals surface area contributed by atoms with E-state index in [-0.39, 0.29) is 27.6 Å². The van der Waals surface area contributed by atoms with Gasteiger partial charge in [0.05, 0.1) is 3.79 Å². The summed E-state index contributed by atoms with van der Waals surface area (Å²) >= 11 is 7.70. The highest BCUT2D eigenvalue weighted by molar-refractivity contribution is 9.13. The van der Waals surface area contributed by atoms with E-state index in [9.17, 15) is 22.4 Å². The molecular weight excluding hydrogens is 701 g/mol. The molecule has 0 saturated heterocycles. The Morgan fingerprint density at radius 2 is 1.83 bits per heavy atom. The van der Waals surface area contributed by atoms with Crippen molar-refractivity contribution in [2.45, 2.75) is 42.9 Å². The maximum atomic E-state index is 14.7. The maximum absolute atomic E-state index is 14.7. The van der Waals surface area contributed by atoms with E-state index in [2.05, 4.69) is 51.5 Å². The van der Waals surface area contributed by atoms with Gasteiger partial charge in [0.25, 0.3) is 15.6 Å². The second-order valence-electron chi connectivity index (χ2n) is 9.35. The number of benzene rings is 2. The molecule has 0 bridgehead atoms. The van der Waals surface area contributed by atoms with E-state index in [0.717, 1.165) is 24.2 Å². The van der Waals surface area contributed by atoms with Crippen molar-refractivity contribution in [2.75, 3.05) is 4.72 Å². The van der Waals surface area contributed by atoms with Crippen molar-refractivity contribution in [1.29, 1.82) is 0 Å². The van der Waals surface area contributed by atoms with Gasteiger partial charge in [0, 0.05) is 22.6 Å². The number of fused-ring (bicyclic) bond motifs is 1. The van der Waals surface area contributed by atoms with Gasteiger partial charge < -0.3 is 4.98 Å². The Hall–Kier alpha value is -3.07. The zero-order valence-electron chi connectivity index (χ0n) is 21.6. The monoisotopic (exact) mass is 723 g/mol. The molecular formula is C27H24Br2FN5O4S2. The normalized spacial score (nSPS) is 12.6. The lowest BCUT2D eigenvalue weighted by molar-refractivity contribution is 0.598. The van der Waals surface area contributed by atoms with Gasteiger partial charge >= 0.3 is 5.69 Å². The van der Waals surface area contributed by atoms with Gasteiger partial charge in [-0.05, 0) is 80.1 Å². The average molecular weight is 725 g/mol. The van der Waals surface area contributed by atoms with Gasteiger partial charge in [0.1, 0.15) is 21.4 Å². The predicted molar refractivity (Wildman–Crippen MR) is 165 cm³/mol. The molecule has 5 rings (SSSR count). The average Bonchev–Trinajstić information content (AvgIpc) is 3.53. The molecule has 0 aliphatic carbocycles. The molecule has 2 aromatic carbocycles. The maximum Gasteiger partial charge on any atom is 0.330 e. The zero-order valence-corrected chi connectivity index (χ0v) is 26.4. The Morgan fingerprint density at radius 3 is 2.49 bits per heavy atom. The lowest BCUT2D eigenvalue weighted by atomic mass is 9.91. The molecule has 1 atom stereocenters. The fraction of sp³-hybridized carbons (Fsp3) is 0.222. The third-order valence-electron chi connectivity index (χ3n) is 6.55. The molecule has 3 aromatic heterocycles. The lowest BCUT2D eigenvalue weighted by Crippen LogP contribution is -2.30. The highest BCUT2D eigenvalue weighted by atomic mass is 79.9. The van der Waals surface area contributed by atoms with Gasteiger partial charge in [-0.1, -0.05) is 43.7 Å². The number of sulfonamides is 1. The summed E-state index contributed by atoms with van der Waals surface area (Å²) < 4.78 is 46.0. The first-order chi connectivity index (χ1) is 19.6. The summed E-state index contributed by atoms with van der Waals surface area (Å²) in [5, 5.41) is 0. The van der Waals surface area contributed by atoms with Crippen LogP contribution < -0.4 is 16.0 Å². The third kappa shape index (κ3) is 6.25. The van der Waals surface area contributed by atoms with Gasteiger partial charge in [-0.2, -0.15) is 0 Å². The molecule has 3 heterocycles. The lowest BCUT2D eigenvalue weighted by Gasteiger charge is -2.17. The topological polar surface area (TPSA) is 130 Å². The molecule has 14 heteroatoms. The van der Waals surface area contributed by atoms with Crippen LogP contribution in [0.15, 0.2) is 76.7 Å². The Morgan fingerprint density at radius 1 is 1.10 bits per heavy atom. The molecule has 214 valence electrons. The van der Waals surface area contributed by atoms with E-state index in [4.69, 9.17) is 0 Å². The van der Waals surface area contributed by atoms with Gasteiger partial charge in [0.2, 0.25) is 0 Å². The minimum Gasteiger partial charge on any atom is -0.336 e. The molecule has 1 unspecified atom stereocenters. The number of anilines is 1. The standard InChI is InChI=1S/C27H24Br2FN5O4S2/c1-2-3-12-35-25-22(26(36)33-27(35)37)31-24(32-25)18(13-16-6-4-5-7-20(16)30)15-8-10-17(11-9-15)34-41(38,39)21-14-19(28)23(29)40-21/h4-11,14,18,34H,2-3,12-13H2,1H3,(H,31,32)(H,33,36,37). The van der Waals surface area contributed by atoms with Crippen LogP contribution in [0.3, 0.4) is 0 Å². The Kier molecular flexibility index (Phi) is 8.64. The first kappa shape index (κ1) is 29.4. The number of aromatic amines is 2. The molecule has 0 amide bonds. The fourth-order valence-electron chi connectivity index (χ4n) is 4.45. The minimum atomic E-state index is -3.82. The number of rotatable bonds is 10. The summed E-state index contributed by atoms with van der Waals surface area (Å²) in [5.74, 6) is -0.543. The number of halogens is 3. The van der Waals surface area contributed by atoms with Crippen molar-refractivity contribution in [3.8, 4) is 0 Å². The predicted octanol–water partition coefficient (Wildman–Crippen LogP) is 6.11. The Balaban J connectivity index is 1.54. The van der Waals surface area contributed by atoms with Crippen LogP contribution >= 0.6 is 43.2 Å². The summed E-state index contributed by atoms with van der Waals surface area (Å²) in [4.78, 5) is 35.3. The van der Waals surface area contributed by atoms with Gasteiger partial charge in [-0.25, -0.2) is 22.6 Å². The minimum absolute atomic E-state index is 0.138. The van der Waals surface area contributed by atoms with E-state index in [1.807, 2.05) is 6.92 Å². The summed E-state index contributed by atoms with van der Waals surface area (Å²) in [6.45, 7) is 2.38. The number of hydrogen-bond acceptors (Lipinski definition) is 6. The fourth-order valence-corrected chi connectivity index (χ4v) is 8.33. The number of nitrogens with zero attached hydrogens (tertiary/aromatic N) is 2. The van der Waals surface area contributed by atoms with Crippen LogP contribution in [-0.2, 0) is 23.0 Å². The number of thiophene rings is 1. The first-order valence-electron chi connectivity index (χ1n) is 12.6. The van der Waals surface area contributed by atoms with Crippen LogP contribution in [0, 0.1) is 5.82 Å². The van der Waals surface area contributed by atoms with Crippen LogP contribution in [0.4, 0.5) is 10.1 Å². The highest BCUT2D eigenvalue weighted by Gasteiger charge is 2.24. The second-order valence-corrected chi connectivity index (χ2v) is 14.5. The first-order valence-corrected chi connectivity index (χ1v) is 16.5. The molecule has 9 nitrogen and oxygen atoms in total. The number of nitrogens with one attached hydrogen (secondary N) is 3. The Bertz CT molecular complexity index is 1930. The number of aromatic nitrogens is 4. The van der Waals surface area contributed by atoms with E-state index in [1.165, 1.54) is 16.7 Å². The molecule has 0 fully saturated rings. The molecule has 0 spiro atoms. The second kappa shape index (κ2) is 12.0. The van der Waals surface area contributed by atoms with Crippen LogP contribution in [-0.4, -0.2) is 27.9 Å². The summed E-state index contributed by atoms with van der Waals surface area (Å²) in [7, 11) is -3.82. The number of unbranched alkanes of at least 4 members (excludes halogenated alkanes) is 1. The summed E-state index contributed by atoms with van der Waals surface area (Å²) in [6, 6.07) is 14.6. The molecule has 3 N–H and O–H groups in total. The zero-order chi connectivity index (χ0) is 29.3. The van der Waals surface area contributed by atoms with Crippen molar-refractivity contribution in [3.05, 3.63) is 106 Å². The van der Waals surface area contributed by atoms with E-state index >= 15 is 0 Å². The van der Waals surface area contributed by atoms with Crippen molar-refractivity contribution < 1.29 is 12.8 Å². The van der Waals surface area contributed by atoms with Crippen LogP contribution in [0.2, 0.25) is 0 Å². The van der Waals surface area contributed by atoms with Crippen molar-refractivity contribution in [3.63, 3.8) is 0 Å². The molecule has 0 saturated carbocycles. The van der Waals surface area contributed by atoms with Crippen LogP contribution in [0.25, 0.3) is 11.2 Å². The summed E-state index contributed by atoms with van der Waals surface area (Å²) in [5.41, 5.74) is 0.752. The molecule has 0 aliphatic rings. The summed E-state index contributed by atoms with van der Waals surface area (Å²) in [6.07, 6.45) is 1.77.